The van der Waals surface area contributed by atoms with Crippen LogP contribution in [-0.4, -0.2) is 0 Å². The van der Waals surface area contributed by atoms with Gasteiger partial charge in [0, 0.05) is 0 Å². The largest absolute Gasteiger partial charge is 0.206 e. The first kappa shape index (κ1) is 13.3. The van der Waals surface area contributed by atoms with E-state index < -0.39 is 0 Å². The molecule has 3 rings (SSSR count). The second-order valence-electron chi connectivity index (χ2n) is 4.92. The van der Waals surface area contributed by atoms with Gasteiger partial charge < -0.3 is 0 Å². The Hall–Kier alpha value is -0.670. The Morgan fingerprint density at radius 2 is 1.63 bits per heavy atom. The summed E-state index contributed by atoms with van der Waals surface area (Å²) in [6.45, 7) is 0. The van der Waals surface area contributed by atoms with Crippen LogP contribution >= 0.6 is 31.9 Å². The van der Waals surface area contributed by atoms with E-state index in [9.17, 15) is 4.39 Å². The third-order valence-corrected chi connectivity index (χ3v) is 5.35. The van der Waals surface area contributed by atoms with Gasteiger partial charge in [-0.3, -0.25) is 0 Å². The molecule has 0 amide bonds. The highest BCUT2D eigenvalue weighted by molar-refractivity contribution is 9.10. The van der Waals surface area contributed by atoms with Gasteiger partial charge in [-0.05, 0) is 69.6 Å². The fraction of sp³-hybridized carbons (Fsp3) is 0.250. The minimum absolute atomic E-state index is 0.0426. The highest BCUT2D eigenvalue weighted by Crippen LogP contribution is 2.34. The van der Waals surface area contributed by atoms with Crippen molar-refractivity contribution in [3.63, 3.8) is 0 Å². The molecule has 1 unspecified atom stereocenters. The van der Waals surface area contributed by atoms with Crippen LogP contribution in [0.4, 0.5) is 4.39 Å². The van der Waals surface area contributed by atoms with E-state index in [1.807, 2.05) is 6.07 Å². The van der Waals surface area contributed by atoms with E-state index in [0.717, 1.165) is 12.0 Å². The highest BCUT2D eigenvalue weighted by Gasteiger charge is 2.16. The van der Waals surface area contributed by atoms with Crippen LogP contribution in [0.1, 0.15) is 33.5 Å². The lowest BCUT2D eigenvalue weighted by Crippen LogP contribution is -1.96. The minimum atomic E-state index is -0.219. The Labute approximate surface area is 129 Å². The molecule has 0 N–H and O–H groups in total. The van der Waals surface area contributed by atoms with Gasteiger partial charge in [0.1, 0.15) is 5.82 Å². The number of hydrogen-bond donors (Lipinski definition) is 0. The average molecular weight is 384 g/mol. The summed E-state index contributed by atoms with van der Waals surface area (Å²) >= 11 is 6.86. The first-order chi connectivity index (χ1) is 9.15. The molecule has 0 bridgehead atoms. The number of halogens is 3. The number of aryl methyl sites for hydroxylation is 2. The lowest BCUT2D eigenvalue weighted by atomic mass is 10.0. The third kappa shape index (κ3) is 2.63. The van der Waals surface area contributed by atoms with E-state index in [1.54, 1.807) is 12.1 Å². The van der Waals surface area contributed by atoms with Gasteiger partial charge in [-0.25, -0.2) is 4.39 Å². The first-order valence-electron chi connectivity index (χ1n) is 6.36. The summed E-state index contributed by atoms with van der Waals surface area (Å²) in [5.74, 6) is -0.219. The number of fused-ring (bicyclic) bond motifs is 1. The van der Waals surface area contributed by atoms with E-state index in [1.165, 1.54) is 29.5 Å². The van der Waals surface area contributed by atoms with Gasteiger partial charge in [-0.15, -0.1) is 0 Å². The molecule has 0 fully saturated rings. The molecule has 19 heavy (non-hydrogen) atoms. The van der Waals surface area contributed by atoms with Gasteiger partial charge in [0.15, 0.2) is 0 Å². The van der Waals surface area contributed by atoms with Gasteiger partial charge in [-0.1, -0.05) is 40.2 Å². The molecule has 98 valence electrons. The standard InChI is InChI=1S/C16H13Br2F/c17-14-7-6-13(9-15(14)19)16(18)12-5-4-10-2-1-3-11(10)8-12/h4-9,16H,1-3H2. The van der Waals surface area contributed by atoms with Crippen LogP contribution in [-0.2, 0) is 12.8 Å². The van der Waals surface area contributed by atoms with Crippen molar-refractivity contribution >= 4 is 31.9 Å². The van der Waals surface area contributed by atoms with Crippen molar-refractivity contribution in [1.82, 2.24) is 0 Å². The summed E-state index contributed by atoms with van der Waals surface area (Å²) in [5, 5.41) is 0. The Bertz CT molecular complexity index is 622. The Morgan fingerprint density at radius 3 is 2.42 bits per heavy atom. The predicted octanol–water partition coefficient (Wildman–Crippen LogP) is 5.56. The molecule has 2 aromatic rings. The topological polar surface area (TPSA) is 0 Å². The third-order valence-electron chi connectivity index (χ3n) is 3.65. The Kier molecular flexibility index (Phi) is 3.77. The van der Waals surface area contributed by atoms with Crippen LogP contribution in [0.25, 0.3) is 0 Å². The maximum absolute atomic E-state index is 13.6. The molecule has 2 aromatic carbocycles. The zero-order valence-electron chi connectivity index (χ0n) is 10.3. The maximum Gasteiger partial charge on any atom is 0.137 e. The number of benzene rings is 2. The van der Waals surface area contributed by atoms with Gasteiger partial charge in [0.05, 0.1) is 9.30 Å². The molecule has 0 nitrogen and oxygen atoms in total. The fourth-order valence-corrected chi connectivity index (χ4v) is 3.43. The Morgan fingerprint density at radius 1 is 0.947 bits per heavy atom. The van der Waals surface area contributed by atoms with Crippen LogP contribution in [0.5, 0.6) is 0 Å². The number of alkyl halides is 1. The van der Waals surface area contributed by atoms with Crippen LogP contribution in [0.2, 0.25) is 0 Å². The fourth-order valence-electron chi connectivity index (χ4n) is 2.61. The Balaban J connectivity index is 1.94. The predicted molar refractivity (Wildman–Crippen MR) is 83.3 cm³/mol. The van der Waals surface area contributed by atoms with Gasteiger partial charge in [-0.2, -0.15) is 0 Å². The smallest absolute Gasteiger partial charge is 0.137 e. The van der Waals surface area contributed by atoms with Crippen LogP contribution < -0.4 is 0 Å². The normalized spacial score (nSPS) is 15.3. The van der Waals surface area contributed by atoms with Crippen LogP contribution in [0.3, 0.4) is 0 Å². The highest BCUT2D eigenvalue weighted by atomic mass is 79.9. The van der Waals surface area contributed by atoms with E-state index in [-0.39, 0.29) is 10.6 Å². The summed E-state index contributed by atoms with van der Waals surface area (Å²) in [7, 11) is 0. The van der Waals surface area contributed by atoms with E-state index in [2.05, 4.69) is 50.1 Å². The van der Waals surface area contributed by atoms with Crippen LogP contribution in [0.15, 0.2) is 40.9 Å². The lowest BCUT2D eigenvalue weighted by Gasteiger charge is -2.13. The maximum atomic E-state index is 13.6. The minimum Gasteiger partial charge on any atom is -0.206 e. The van der Waals surface area contributed by atoms with Crippen molar-refractivity contribution in [1.29, 1.82) is 0 Å². The molecule has 0 spiro atoms. The number of rotatable bonds is 2. The van der Waals surface area contributed by atoms with Crippen LogP contribution in [0, 0.1) is 5.82 Å². The molecule has 0 heterocycles. The molecule has 0 radical (unpaired) electrons. The van der Waals surface area contributed by atoms with Crippen molar-refractivity contribution < 1.29 is 4.39 Å². The quantitative estimate of drug-likeness (QED) is 0.595. The number of hydrogen-bond acceptors (Lipinski definition) is 0. The molecular weight excluding hydrogens is 371 g/mol. The van der Waals surface area contributed by atoms with Gasteiger partial charge >= 0.3 is 0 Å². The summed E-state index contributed by atoms with van der Waals surface area (Å²) in [4.78, 5) is 0.0426. The molecule has 0 saturated heterocycles. The lowest BCUT2D eigenvalue weighted by molar-refractivity contribution is 0.619. The summed E-state index contributed by atoms with van der Waals surface area (Å²) in [6, 6.07) is 11.9. The van der Waals surface area contributed by atoms with Crippen molar-refractivity contribution in [2.45, 2.75) is 24.1 Å². The average Bonchev–Trinajstić information content (AvgIpc) is 2.88. The molecule has 0 aromatic heterocycles. The first-order valence-corrected chi connectivity index (χ1v) is 8.07. The summed E-state index contributed by atoms with van der Waals surface area (Å²) < 4.78 is 14.1. The molecular formula is C16H13Br2F. The molecule has 0 saturated carbocycles. The molecule has 3 heteroatoms. The second kappa shape index (κ2) is 5.37. The van der Waals surface area contributed by atoms with Crippen molar-refractivity contribution in [2.75, 3.05) is 0 Å². The van der Waals surface area contributed by atoms with Crippen molar-refractivity contribution in [3.05, 3.63) is 68.9 Å². The summed E-state index contributed by atoms with van der Waals surface area (Å²) in [6.07, 6.45) is 3.60. The SMILES string of the molecule is Fc1cc(C(Br)c2ccc3c(c2)CCC3)ccc1Br. The molecule has 1 aliphatic carbocycles. The molecule has 0 aliphatic heterocycles. The van der Waals surface area contributed by atoms with Crippen molar-refractivity contribution in [2.24, 2.45) is 0 Å². The monoisotopic (exact) mass is 382 g/mol. The molecule has 1 aliphatic rings. The zero-order chi connectivity index (χ0) is 13.4. The van der Waals surface area contributed by atoms with Crippen molar-refractivity contribution in [3.8, 4) is 0 Å². The van der Waals surface area contributed by atoms with E-state index in [4.69, 9.17) is 0 Å². The summed E-state index contributed by atoms with van der Waals surface area (Å²) in [5.41, 5.74) is 5.05. The zero-order valence-corrected chi connectivity index (χ0v) is 13.5. The van der Waals surface area contributed by atoms with Gasteiger partial charge in [0.25, 0.3) is 0 Å². The van der Waals surface area contributed by atoms with E-state index >= 15 is 0 Å². The van der Waals surface area contributed by atoms with Gasteiger partial charge in [0.2, 0.25) is 0 Å². The molecule has 1 atom stereocenters. The van der Waals surface area contributed by atoms with E-state index in [0.29, 0.717) is 4.47 Å². The second-order valence-corrected chi connectivity index (χ2v) is 6.69.